The van der Waals surface area contributed by atoms with E-state index in [2.05, 4.69) is 0 Å². The molecule has 0 radical (unpaired) electrons. The topological polar surface area (TPSA) is 46.3 Å². The Morgan fingerprint density at radius 2 is 2.05 bits per heavy atom. The van der Waals surface area contributed by atoms with E-state index < -0.39 is 29.0 Å². The molecule has 1 heterocycles. The van der Waals surface area contributed by atoms with Crippen molar-refractivity contribution in [3.05, 3.63) is 35.1 Å². The molecule has 2 atom stereocenters. The number of benzene rings is 1. The number of amides is 1. The van der Waals surface area contributed by atoms with E-state index in [-0.39, 0.29) is 12.1 Å². The van der Waals surface area contributed by atoms with E-state index in [0.717, 1.165) is 12.1 Å². The minimum Gasteiger partial charge on any atom is -0.334 e. The Labute approximate surface area is 113 Å². The monoisotopic (exact) mass is 290 g/mol. The van der Waals surface area contributed by atoms with Crippen LogP contribution in [-0.4, -0.2) is 29.4 Å². The average molecular weight is 290 g/mol. The van der Waals surface area contributed by atoms with Gasteiger partial charge in [-0.15, -0.1) is 0 Å². The maximum absolute atomic E-state index is 13.9. The van der Waals surface area contributed by atoms with Crippen molar-refractivity contribution < 1.29 is 22.4 Å². The minimum absolute atomic E-state index is 0.243. The fourth-order valence-electron chi connectivity index (χ4n) is 2.32. The van der Waals surface area contributed by atoms with Crippen molar-refractivity contribution in [1.29, 1.82) is 0 Å². The third kappa shape index (κ3) is 2.49. The van der Waals surface area contributed by atoms with Crippen LogP contribution in [0.4, 0.5) is 17.6 Å². The lowest BCUT2D eigenvalue weighted by Gasteiger charge is -2.24. The van der Waals surface area contributed by atoms with Crippen molar-refractivity contribution in [1.82, 2.24) is 4.90 Å². The van der Waals surface area contributed by atoms with E-state index in [1.807, 2.05) is 0 Å². The van der Waals surface area contributed by atoms with Crippen LogP contribution >= 0.6 is 0 Å². The van der Waals surface area contributed by atoms with Gasteiger partial charge in [-0.1, -0.05) is 6.07 Å². The zero-order chi connectivity index (χ0) is 15.1. The first-order chi connectivity index (χ1) is 9.23. The van der Waals surface area contributed by atoms with Gasteiger partial charge in [-0.05, 0) is 25.5 Å². The molecule has 1 aliphatic rings. The average Bonchev–Trinajstić information content (AvgIpc) is 2.68. The van der Waals surface area contributed by atoms with Gasteiger partial charge in [-0.2, -0.15) is 13.2 Å². The maximum atomic E-state index is 13.9. The van der Waals surface area contributed by atoms with Crippen LogP contribution < -0.4 is 5.73 Å². The van der Waals surface area contributed by atoms with E-state index in [4.69, 9.17) is 5.73 Å². The van der Waals surface area contributed by atoms with Crippen molar-refractivity contribution in [2.75, 3.05) is 6.54 Å². The number of nitrogens with two attached hydrogens (primary N) is 1. The summed E-state index contributed by atoms with van der Waals surface area (Å²) in [7, 11) is 0. The molecule has 1 amide bonds. The van der Waals surface area contributed by atoms with Gasteiger partial charge in [0.05, 0.1) is 11.1 Å². The minimum atomic E-state index is -4.83. The number of halogens is 4. The predicted molar refractivity (Wildman–Crippen MR) is 64.5 cm³/mol. The Morgan fingerprint density at radius 3 is 2.55 bits per heavy atom. The van der Waals surface area contributed by atoms with Gasteiger partial charge >= 0.3 is 6.18 Å². The number of rotatable bonds is 1. The van der Waals surface area contributed by atoms with Gasteiger partial charge in [0.15, 0.2) is 0 Å². The highest BCUT2D eigenvalue weighted by molar-refractivity contribution is 5.95. The molecule has 0 spiro atoms. The van der Waals surface area contributed by atoms with Gasteiger partial charge in [0.2, 0.25) is 0 Å². The second-order valence-electron chi connectivity index (χ2n) is 4.86. The standard InChI is InChI=1S/C13H14F4N2O/c1-7-10(18)5-6-19(7)12(20)8-3-2-4-9(11(8)14)13(15,16)17/h2-4,7,10H,5-6,18H2,1H3. The number of hydrogen-bond acceptors (Lipinski definition) is 2. The van der Waals surface area contributed by atoms with E-state index >= 15 is 0 Å². The summed E-state index contributed by atoms with van der Waals surface area (Å²) in [6, 6.07) is 2.14. The van der Waals surface area contributed by atoms with Gasteiger partial charge in [-0.3, -0.25) is 4.79 Å². The van der Waals surface area contributed by atoms with Crippen LogP contribution in [0.1, 0.15) is 29.3 Å². The first-order valence-corrected chi connectivity index (χ1v) is 6.15. The van der Waals surface area contributed by atoms with E-state index in [9.17, 15) is 22.4 Å². The van der Waals surface area contributed by atoms with Crippen LogP contribution in [0.15, 0.2) is 18.2 Å². The summed E-state index contributed by atoms with van der Waals surface area (Å²) in [6.45, 7) is 2.01. The van der Waals surface area contributed by atoms with Crippen molar-refractivity contribution >= 4 is 5.91 Å². The Balaban J connectivity index is 2.37. The quantitative estimate of drug-likeness (QED) is 0.807. The summed E-state index contributed by atoms with van der Waals surface area (Å²) >= 11 is 0. The predicted octanol–water partition coefficient (Wildman–Crippen LogP) is 2.41. The molecule has 7 heteroatoms. The van der Waals surface area contributed by atoms with Gasteiger partial charge in [0.25, 0.3) is 5.91 Å². The lowest BCUT2D eigenvalue weighted by molar-refractivity contribution is -0.140. The first-order valence-electron chi connectivity index (χ1n) is 6.15. The second kappa shape index (κ2) is 5.05. The van der Waals surface area contributed by atoms with Crippen LogP contribution in [0.3, 0.4) is 0 Å². The van der Waals surface area contributed by atoms with Crippen LogP contribution in [0.25, 0.3) is 0 Å². The number of alkyl halides is 3. The number of likely N-dealkylation sites (tertiary alicyclic amines) is 1. The molecule has 1 fully saturated rings. The summed E-state index contributed by atoms with van der Waals surface area (Å²) in [6.07, 6.45) is -4.28. The molecule has 0 aliphatic carbocycles. The van der Waals surface area contributed by atoms with Crippen LogP contribution in [0, 0.1) is 5.82 Å². The van der Waals surface area contributed by atoms with Crippen molar-refractivity contribution in [2.24, 2.45) is 5.73 Å². The molecule has 0 saturated carbocycles. The normalized spacial score (nSPS) is 23.2. The smallest absolute Gasteiger partial charge is 0.334 e. The Morgan fingerprint density at radius 1 is 1.40 bits per heavy atom. The molecule has 0 bridgehead atoms. The second-order valence-corrected chi connectivity index (χ2v) is 4.86. The molecule has 1 aliphatic heterocycles. The SMILES string of the molecule is CC1C(N)CCN1C(=O)c1cccc(C(F)(F)F)c1F. The summed E-state index contributed by atoms with van der Waals surface area (Å²) in [4.78, 5) is 13.5. The molecule has 0 aromatic heterocycles. The van der Waals surface area contributed by atoms with Gasteiger partial charge in [0, 0.05) is 18.6 Å². The van der Waals surface area contributed by atoms with Crippen molar-refractivity contribution in [3.63, 3.8) is 0 Å². The Kier molecular flexibility index (Phi) is 3.73. The number of hydrogen-bond donors (Lipinski definition) is 1. The number of carbonyl (C=O) groups excluding carboxylic acids is 1. The first kappa shape index (κ1) is 14.8. The zero-order valence-corrected chi connectivity index (χ0v) is 10.7. The molecular formula is C13H14F4N2O. The van der Waals surface area contributed by atoms with Crippen molar-refractivity contribution in [3.8, 4) is 0 Å². The molecule has 2 N–H and O–H groups in total. The van der Waals surface area contributed by atoms with Gasteiger partial charge in [0.1, 0.15) is 5.82 Å². The molecule has 1 aromatic rings. The lowest BCUT2D eigenvalue weighted by atomic mass is 10.1. The molecule has 2 rings (SSSR count). The van der Waals surface area contributed by atoms with Crippen molar-refractivity contribution in [2.45, 2.75) is 31.6 Å². The van der Waals surface area contributed by atoms with Crippen LogP contribution in [0.5, 0.6) is 0 Å². The zero-order valence-electron chi connectivity index (χ0n) is 10.7. The van der Waals surface area contributed by atoms with Crippen LogP contribution in [0.2, 0.25) is 0 Å². The highest BCUT2D eigenvalue weighted by atomic mass is 19.4. The largest absolute Gasteiger partial charge is 0.419 e. The summed E-state index contributed by atoms with van der Waals surface area (Å²) < 4.78 is 51.8. The highest BCUT2D eigenvalue weighted by Crippen LogP contribution is 2.33. The Bertz CT molecular complexity index is 530. The molecule has 20 heavy (non-hydrogen) atoms. The third-order valence-corrected chi connectivity index (χ3v) is 3.61. The summed E-state index contributed by atoms with van der Waals surface area (Å²) in [5, 5.41) is 0. The fraction of sp³-hybridized carbons (Fsp3) is 0.462. The van der Waals surface area contributed by atoms with E-state index in [1.165, 1.54) is 4.90 Å². The molecular weight excluding hydrogens is 276 g/mol. The fourth-order valence-corrected chi connectivity index (χ4v) is 2.32. The van der Waals surface area contributed by atoms with Crippen LogP contribution in [-0.2, 0) is 6.18 Å². The number of carbonyl (C=O) groups is 1. The van der Waals surface area contributed by atoms with Gasteiger partial charge < -0.3 is 10.6 Å². The maximum Gasteiger partial charge on any atom is 0.419 e. The van der Waals surface area contributed by atoms with E-state index in [0.29, 0.717) is 19.0 Å². The number of nitrogens with zero attached hydrogens (tertiary/aromatic N) is 1. The summed E-state index contributed by atoms with van der Waals surface area (Å²) in [5.74, 6) is -2.29. The molecule has 110 valence electrons. The third-order valence-electron chi connectivity index (χ3n) is 3.61. The molecule has 1 saturated heterocycles. The summed E-state index contributed by atoms with van der Waals surface area (Å²) in [5.41, 5.74) is 3.75. The molecule has 3 nitrogen and oxygen atoms in total. The van der Waals surface area contributed by atoms with Gasteiger partial charge in [-0.25, -0.2) is 4.39 Å². The lowest BCUT2D eigenvalue weighted by Crippen LogP contribution is -2.40. The molecule has 1 aromatic carbocycles. The highest BCUT2D eigenvalue weighted by Gasteiger charge is 2.38. The Hall–Kier alpha value is -1.63. The molecule has 2 unspecified atom stereocenters. The van der Waals surface area contributed by atoms with E-state index in [1.54, 1.807) is 6.92 Å².